The number of morpholine rings is 1. The second kappa shape index (κ2) is 8.94. The van der Waals surface area contributed by atoms with E-state index in [1.54, 1.807) is 40.4 Å². The Labute approximate surface area is 189 Å². The molecule has 5 rings (SSSR count). The lowest BCUT2D eigenvalue weighted by Crippen LogP contribution is -2.37. The fourth-order valence-electron chi connectivity index (χ4n) is 3.87. The van der Waals surface area contributed by atoms with Crippen LogP contribution in [0, 0.1) is 0 Å². The average Bonchev–Trinajstić information content (AvgIpc) is 3.53. The Morgan fingerprint density at radius 1 is 1.03 bits per heavy atom. The maximum Gasteiger partial charge on any atom is 0.280 e. The third-order valence-electron chi connectivity index (χ3n) is 5.51. The molecule has 0 atom stereocenters. The van der Waals surface area contributed by atoms with Crippen molar-refractivity contribution in [2.75, 3.05) is 31.2 Å². The fourth-order valence-corrected chi connectivity index (χ4v) is 4.53. The van der Waals surface area contributed by atoms with Crippen molar-refractivity contribution in [2.45, 2.75) is 6.54 Å². The number of rotatable bonds is 5. The highest BCUT2D eigenvalue weighted by Crippen LogP contribution is 2.23. The van der Waals surface area contributed by atoms with Crippen LogP contribution in [0.15, 0.2) is 76.5 Å². The van der Waals surface area contributed by atoms with E-state index in [-0.39, 0.29) is 11.5 Å². The Bertz CT molecular complexity index is 1290. The number of para-hydroxylation sites is 1. The van der Waals surface area contributed by atoms with E-state index in [4.69, 9.17) is 4.74 Å². The molecule has 4 aromatic rings. The van der Waals surface area contributed by atoms with Crippen LogP contribution in [0.1, 0.15) is 15.9 Å². The Balaban J connectivity index is 1.44. The van der Waals surface area contributed by atoms with Gasteiger partial charge in [0, 0.05) is 31.2 Å². The van der Waals surface area contributed by atoms with Crippen LogP contribution in [-0.2, 0) is 11.3 Å². The quantitative estimate of drug-likeness (QED) is 0.470. The summed E-state index contributed by atoms with van der Waals surface area (Å²) in [4.78, 5) is 28.5. The van der Waals surface area contributed by atoms with Crippen LogP contribution >= 0.6 is 11.3 Å². The van der Waals surface area contributed by atoms with Crippen molar-refractivity contribution in [2.24, 2.45) is 0 Å². The highest BCUT2D eigenvalue weighted by atomic mass is 32.1. The van der Waals surface area contributed by atoms with Crippen molar-refractivity contribution < 1.29 is 9.53 Å². The molecular weight excluding hydrogens is 424 g/mol. The molecule has 0 aliphatic carbocycles. The van der Waals surface area contributed by atoms with Crippen LogP contribution in [0.25, 0.3) is 11.3 Å². The molecule has 0 bridgehead atoms. The van der Waals surface area contributed by atoms with Crippen LogP contribution in [-0.4, -0.2) is 46.6 Å². The highest BCUT2D eigenvalue weighted by Gasteiger charge is 2.20. The van der Waals surface area contributed by atoms with Gasteiger partial charge in [-0.25, -0.2) is 4.68 Å². The predicted octanol–water partition coefficient (Wildman–Crippen LogP) is 3.35. The first kappa shape index (κ1) is 20.4. The molecule has 0 unspecified atom stereocenters. The summed E-state index contributed by atoms with van der Waals surface area (Å²) in [5, 5.41) is 8.47. The van der Waals surface area contributed by atoms with Gasteiger partial charge in [0.15, 0.2) is 0 Å². The van der Waals surface area contributed by atoms with E-state index in [1.807, 2.05) is 47.2 Å². The summed E-state index contributed by atoms with van der Waals surface area (Å²) in [6.45, 7) is 3.26. The molecule has 162 valence electrons. The number of benzene rings is 1. The maximum atomic E-state index is 13.3. The van der Waals surface area contributed by atoms with Crippen LogP contribution in [0.3, 0.4) is 0 Å². The molecule has 1 fully saturated rings. The molecule has 0 N–H and O–H groups in total. The average molecular weight is 447 g/mol. The number of carbonyl (C=O) groups excluding carboxylic acids is 1. The Hall–Kier alpha value is -3.49. The molecule has 32 heavy (non-hydrogen) atoms. The van der Waals surface area contributed by atoms with E-state index in [0.717, 1.165) is 24.3 Å². The SMILES string of the molecule is O=C(c1ccccc1N1CCOCC1)n1ccc(-c2cccn(Cc3ccsc3)c2=O)n1. The summed E-state index contributed by atoms with van der Waals surface area (Å²) in [6, 6.07) is 14.8. The Kier molecular flexibility index (Phi) is 5.70. The number of anilines is 1. The maximum absolute atomic E-state index is 13.3. The summed E-state index contributed by atoms with van der Waals surface area (Å²) in [5.41, 5.74) is 3.34. The second-order valence-electron chi connectivity index (χ2n) is 7.55. The minimum Gasteiger partial charge on any atom is -0.378 e. The molecule has 0 saturated carbocycles. The van der Waals surface area contributed by atoms with E-state index in [9.17, 15) is 9.59 Å². The summed E-state index contributed by atoms with van der Waals surface area (Å²) >= 11 is 1.60. The molecule has 1 saturated heterocycles. The first-order valence-corrected chi connectivity index (χ1v) is 11.4. The van der Waals surface area contributed by atoms with Gasteiger partial charge in [-0.05, 0) is 52.7 Å². The third-order valence-corrected chi connectivity index (χ3v) is 6.24. The first-order chi connectivity index (χ1) is 15.7. The van der Waals surface area contributed by atoms with Crippen LogP contribution < -0.4 is 10.5 Å². The van der Waals surface area contributed by atoms with E-state index >= 15 is 0 Å². The molecular formula is C24H22N4O3S. The molecule has 7 nitrogen and oxygen atoms in total. The third kappa shape index (κ3) is 4.02. The number of carbonyl (C=O) groups is 1. The number of hydrogen-bond donors (Lipinski definition) is 0. The summed E-state index contributed by atoms with van der Waals surface area (Å²) in [7, 11) is 0. The summed E-state index contributed by atoms with van der Waals surface area (Å²) in [5.74, 6) is -0.229. The second-order valence-corrected chi connectivity index (χ2v) is 8.33. The summed E-state index contributed by atoms with van der Waals surface area (Å²) < 4.78 is 8.41. The molecule has 8 heteroatoms. The van der Waals surface area contributed by atoms with E-state index < -0.39 is 0 Å². The highest BCUT2D eigenvalue weighted by molar-refractivity contribution is 7.07. The van der Waals surface area contributed by atoms with Crippen molar-refractivity contribution in [1.29, 1.82) is 0 Å². The Morgan fingerprint density at radius 3 is 2.69 bits per heavy atom. The molecule has 1 aliphatic heterocycles. The molecule has 4 heterocycles. The largest absolute Gasteiger partial charge is 0.378 e. The molecule has 1 aliphatic rings. The van der Waals surface area contributed by atoms with E-state index in [2.05, 4.69) is 10.00 Å². The van der Waals surface area contributed by atoms with Gasteiger partial charge in [0.05, 0.1) is 36.6 Å². The first-order valence-electron chi connectivity index (χ1n) is 10.4. The molecule has 1 aromatic carbocycles. The van der Waals surface area contributed by atoms with Gasteiger partial charge in [0.2, 0.25) is 0 Å². The van der Waals surface area contributed by atoms with Gasteiger partial charge >= 0.3 is 0 Å². The smallest absolute Gasteiger partial charge is 0.280 e. The lowest BCUT2D eigenvalue weighted by Gasteiger charge is -2.30. The normalized spacial score (nSPS) is 13.9. The van der Waals surface area contributed by atoms with Gasteiger partial charge in [0.1, 0.15) is 0 Å². The topological polar surface area (TPSA) is 69.4 Å². The monoisotopic (exact) mass is 446 g/mol. The van der Waals surface area contributed by atoms with Gasteiger partial charge in [0.25, 0.3) is 11.5 Å². The van der Waals surface area contributed by atoms with Crippen molar-refractivity contribution in [3.63, 3.8) is 0 Å². The number of aromatic nitrogens is 3. The fraction of sp³-hybridized carbons (Fsp3) is 0.208. The number of pyridine rings is 1. The van der Waals surface area contributed by atoms with Crippen molar-refractivity contribution in [3.8, 4) is 11.3 Å². The molecule has 0 amide bonds. The molecule has 0 radical (unpaired) electrons. The van der Waals surface area contributed by atoms with Crippen molar-refractivity contribution in [3.05, 3.63) is 93.2 Å². The zero-order valence-electron chi connectivity index (χ0n) is 17.4. The minimum atomic E-state index is -0.229. The number of thiophene rings is 1. The number of ether oxygens (including phenoxy) is 1. The molecule has 0 spiro atoms. The zero-order valence-corrected chi connectivity index (χ0v) is 18.2. The number of hydrogen-bond acceptors (Lipinski definition) is 6. The van der Waals surface area contributed by atoms with Gasteiger partial charge in [-0.15, -0.1) is 0 Å². The van der Waals surface area contributed by atoms with Gasteiger partial charge in [-0.1, -0.05) is 12.1 Å². The zero-order chi connectivity index (χ0) is 21.9. The lowest BCUT2D eigenvalue weighted by atomic mass is 10.1. The summed E-state index contributed by atoms with van der Waals surface area (Å²) in [6.07, 6.45) is 3.38. The van der Waals surface area contributed by atoms with E-state index in [0.29, 0.717) is 36.6 Å². The van der Waals surface area contributed by atoms with Crippen LogP contribution in [0.5, 0.6) is 0 Å². The van der Waals surface area contributed by atoms with Crippen LogP contribution in [0.2, 0.25) is 0 Å². The van der Waals surface area contributed by atoms with Gasteiger partial charge in [-0.2, -0.15) is 16.4 Å². The Morgan fingerprint density at radius 2 is 1.88 bits per heavy atom. The predicted molar refractivity (Wildman–Crippen MR) is 125 cm³/mol. The minimum absolute atomic E-state index is 0.134. The van der Waals surface area contributed by atoms with Crippen LogP contribution in [0.4, 0.5) is 5.69 Å². The number of nitrogens with zero attached hydrogens (tertiary/aromatic N) is 4. The van der Waals surface area contributed by atoms with E-state index in [1.165, 1.54) is 4.68 Å². The standard InChI is InChI=1S/C24H22N4O3S/c29-23-19(5-3-9-27(23)16-18-8-15-32-17-18)21-7-10-28(25-21)24(30)20-4-1-2-6-22(20)26-11-13-31-14-12-26/h1-10,15,17H,11-14,16H2. The molecule has 3 aromatic heterocycles. The van der Waals surface area contributed by atoms with Crippen molar-refractivity contribution in [1.82, 2.24) is 14.3 Å². The van der Waals surface area contributed by atoms with Gasteiger partial charge in [-0.3, -0.25) is 9.59 Å². The van der Waals surface area contributed by atoms with Crippen molar-refractivity contribution >= 4 is 22.9 Å². The van der Waals surface area contributed by atoms with Gasteiger partial charge < -0.3 is 14.2 Å². The lowest BCUT2D eigenvalue weighted by molar-refractivity contribution is 0.0944.